The van der Waals surface area contributed by atoms with Gasteiger partial charge in [-0.05, 0) is 25.2 Å². The van der Waals surface area contributed by atoms with Crippen LogP contribution in [-0.2, 0) is 16.0 Å². The van der Waals surface area contributed by atoms with Gasteiger partial charge in [0.25, 0.3) is 5.91 Å². The topological polar surface area (TPSA) is 104 Å². The van der Waals surface area contributed by atoms with Crippen molar-refractivity contribution in [3.05, 3.63) is 5.01 Å². The molecule has 2 heterocycles. The molecule has 0 radical (unpaired) electrons. The average molecular weight is 351 g/mol. The maximum absolute atomic E-state index is 12.8. The average Bonchev–Trinajstić information content (AvgIpc) is 3.09. The van der Waals surface area contributed by atoms with Crippen LogP contribution in [0.5, 0.6) is 0 Å². The molecular weight excluding hydrogens is 330 g/mol. The largest absolute Gasteiger partial charge is 0.325 e. The zero-order valence-electron chi connectivity index (χ0n) is 13.8. The summed E-state index contributed by atoms with van der Waals surface area (Å²) in [5, 5.41) is 14.4. The summed E-state index contributed by atoms with van der Waals surface area (Å²) in [6.45, 7) is 3.62. The summed E-state index contributed by atoms with van der Waals surface area (Å²) in [4.78, 5) is 38.2. The Bertz CT molecular complexity index is 676. The van der Waals surface area contributed by atoms with Crippen LogP contribution in [0.1, 0.15) is 44.5 Å². The van der Waals surface area contributed by atoms with E-state index in [0.717, 1.165) is 35.6 Å². The summed E-state index contributed by atoms with van der Waals surface area (Å²) >= 11 is 1.28. The van der Waals surface area contributed by atoms with Crippen molar-refractivity contribution in [1.82, 2.24) is 20.4 Å². The molecule has 1 saturated heterocycles. The molecule has 9 heteroatoms. The number of aromatic nitrogens is 2. The van der Waals surface area contributed by atoms with E-state index in [9.17, 15) is 14.4 Å². The molecule has 24 heavy (non-hydrogen) atoms. The molecule has 2 N–H and O–H groups in total. The van der Waals surface area contributed by atoms with Crippen LogP contribution < -0.4 is 10.6 Å². The summed E-state index contributed by atoms with van der Waals surface area (Å²) in [5.41, 5.74) is -0.840. The van der Waals surface area contributed by atoms with Gasteiger partial charge < -0.3 is 5.32 Å². The Morgan fingerprint density at radius 3 is 2.88 bits per heavy atom. The van der Waals surface area contributed by atoms with Crippen molar-refractivity contribution in [2.75, 3.05) is 11.9 Å². The molecule has 1 aromatic heterocycles. The molecule has 0 aromatic carbocycles. The monoisotopic (exact) mass is 351 g/mol. The minimum absolute atomic E-state index is 0.0750. The van der Waals surface area contributed by atoms with Crippen molar-refractivity contribution < 1.29 is 14.4 Å². The van der Waals surface area contributed by atoms with Gasteiger partial charge in [0, 0.05) is 0 Å². The second-order valence-corrected chi connectivity index (χ2v) is 7.40. The Morgan fingerprint density at radius 2 is 2.21 bits per heavy atom. The minimum Gasteiger partial charge on any atom is -0.323 e. The Morgan fingerprint density at radius 1 is 1.42 bits per heavy atom. The first-order valence-electron chi connectivity index (χ1n) is 8.22. The number of carbonyl (C=O) groups excluding carboxylic acids is 3. The number of nitrogens with one attached hydrogen (secondary N) is 2. The first-order valence-corrected chi connectivity index (χ1v) is 9.04. The van der Waals surface area contributed by atoms with Gasteiger partial charge in [0.1, 0.15) is 17.1 Å². The molecule has 1 aliphatic heterocycles. The highest BCUT2D eigenvalue weighted by Gasteiger charge is 2.55. The molecule has 2 fully saturated rings. The van der Waals surface area contributed by atoms with Crippen LogP contribution in [0.15, 0.2) is 0 Å². The van der Waals surface area contributed by atoms with E-state index in [4.69, 9.17) is 0 Å². The van der Waals surface area contributed by atoms with Crippen molar-refractivity contribution >= 4 is 34.3 Å². The van der Waals surface area contributed by atoms with Crippen molar-refractivity contribution in [3.63, 3.8) is 0 Å². The fraction of sp³-hybridized carbons (Fsp3) is 0.667. The number of carbonyl (C=O) groups is 3. The Hall–Kier alpha value is -2.03. The van der Waals surface area contributed by atoms with Crippen LogP contribution in [-0.4, -0.2) is 45.0 Å². The number of rotatable bonds is 4. The summed E-state index contributed by atoms with van der Waals surface area (Å²) < 4.78 is 0. The van der Waals surface area contributed by atoms with Gasteiger partial charge >= 0.3 is 6.03 Å². The third-order valence-corrected chi connectivity index (χ3v) is 5.80. The fourth-order valence-corrected chi connectivity index (χ4v) is 4.08. The van der Waals surface area contributed by atoms with Crippen LogP contribution in [0.25, 0.3) is 0 Å². The van der Waals surface area contributed by atoms with E-state index in [1.165, 1.54) is 11.3 Å². The van der Waals surface area contributed by atoms with Crippen LogP contribution >= 0.6 is 11.3 Å². The lowest BCUT2D eigenvalue weighted by atomic mass is 9.73. The molecule has 0 bridgehead atoms. The molecule has 1 saturated carbocycles. The second-order valence-electron chi connectivity index (χ2n) is 6.34. The van der Waals surface area contributed by atoms with Crippen LogP contribution in [0.4, 0.5) is 9.93 Å². The Labute approximate surface area is 144 Å². The van der Waals surface area contributed by atoms with Gasteiger partial charge in [0.05, 0.1) is 0 Å². The molecule has 4 amide bonds. The lowest BCUT2D eigenvalue weighted by Gasteiger charge is -2.36. The molecule has 1 spiro atoms. The molecule has 2 atom stereocenters. The zero-order chi connectivity index (χ0) is 17.3. The molecule has 1 aliphatic carbocycles. The number of amides is 4. The third kappa shape index (κ3) is 2.88. The van der Waals surface area contributed by atoms with E-state index < -0.39 is 17.5 Å². The lowest BCUT2D eigenvalue weighted by molar-refractivity contribution is -0.136. The Balaban J connectivity index is 1.67. The van der Waals surface area contributed by atoms with Gasteiger partial charge in [-0.15, -0.1) is 10.2 Å². The number of aryl methyl sites for hydroxylation is 1. The molecule has 2 unspecified atom stereocenters. The summed E-state index contributed by atoms with van der Waals surface area (Å²) in [6.07, 6.45) is 4.23. The zero-order valence-corrected chi connectivity index (χ0v) is 14.6. The van der Waals surface area contributed by atoms with E-state index in [2.05, 4.69) is 20.8 Å². The van der Waals surface area contributed by atoms with Gasteiger partial charge in [-0.25, -0.2) is 4.79 Å². The fourth-order valence-electron chi connectivity index (χ4n) is 3.39. The van der Waals surface area contributed by atoms with E-state index in [1.807, 2.05) is 13.8 Å². The summed E-state index contributed by atoms with van der Waals surface area (Å²) in [5.74, 6) is -0.662. The van der Waals surface area contributed by atoms with Crippen LogP contribution in [0.3, 0.4) is 0 Å². The van der Waals surface area contributed by atoms with E-state index in [-0.39, 0.29) is 18.4 Å². The van der Waals surface area contributed by atoms with Gasteiger partial charge in [-0.1, -0.05) is 38.0 Å². The highest BCUT2D eigenvalue weighted by molar-refractivity contribution is 7.15. The Kier molecular flexibility index (Phi) is 4.53. The normalized spacial score (nSPS) is 26.8. The SMILES string of the molecule is CCc1nnc(NC(=O)CN2C(=O)NC3(CCCCC3C)C2=O)s1. The van der Waals surface area contributed by atoms with Crippen molar-refractivity contribution in [3.8, 4) is 0 Å². The van der Waals surface area contributed by atoms with E-state index in [0.29, 0.717) is 11.6 Å². The van der Waals surface area contributed by atoms with Crippen molar-refractivity contribution in [2.45, 2.75) is 51.5 Å². The summed E-state index contributed by atoms with van der Waals surface area (Å²) in [6, 6.07) is -0.490. The number of urea groups is 1. The predicted octanol–water partition coefficient (Wildman–Crippen LogP) is 1.54. The maximum atomic E-state index is 12.8. The molecule has 2 aliphatic rings. The van der Waals surface area contributed by atoms with Crippen molar-refractivity contribution in [2.24, 2.45) is 5.92 Å². The minimum atomic E-state index is -0.840. The van der Waals surface area contributed by atoms with Gasteiger partial charge in [0.2, 0.25) is 11.0 Å². The van der Waals surface area contributed by atoms with Gasteiger partial charge in [0.15, 0.2) is 0 Å². The molecule has 3 rings (SSSR count). The number of anilines is 1. The number of hydrogen-bond donors (Lipinski definition) is 2. The van der Waals surface area contributed by atoms with E-state index in [1.54, 1.807) is 0 Å². The number of hydrogen-bond acceptors (Lipinski definition) is 6. The smallest absolute Gasteiger partial charge is 0.323 e. The third-order valence-electron chi connectivity index (χ3n) is 4.82. The van der Waals surface area contributed by atoms with Gasteiger partial charge in [-0.2, -0.15) is 0 Å². The van der Waals surface area contributed by atoms with Gasteiger partial charge in [-0.3, -0.25) is 19.8 Å². The van der Waals surface area contributed by atoms with E-state index >= 15 is 0 Å². The number of nitrogens with zero attached hydrogens (tertiary/aromatic N) is 3. The maximum Gasteiger partial charge on any atom is 0.325 e. The summed E-state index contributed by atoms with van der Waals surface area (Å²) in [7, 11) is 0. The predicted molar refractivity (Wildman–Crippen MR) is 88.5 cm³/mol. The first kappa shape index (κ1) is 16.8. The molecule has 1 aromatic rings. The molecule has 8 nitrogen and oxygen atoms in total. The lowest BCUT2D eigenvalue weighted by Crippen LogP contribution is -2.54. The molecular formula is C15H21N5O3S. The second kappa shape index (κ2) is 6.46. The number of imide groups is 1. The standard InChI is InChI=1S/C15H21N5O3S/c1-3-11-18-19-13(24-11)16-10(21)8-20-12(22)15(17-14(20)23)7-5-4-6-9(15)2/h9H,3-8H2,1-2H3,(H,17,23)(H,16,19,21). The quantitative estimate of drug-likeness (QED) is 0.801. The first-order chi connectivity index (χ1) is 11.5. The van der Waals surface area contributed by atoms with Crippen molar-refractivity contribution in [1.29, 1.82) is 0 Å². The van der Waals surface area contributed by atoms with Crippen LogP contribution in [0.2, 0.25) is 0 Å². The van der Waals surface area contributed by atoms with Crippen LogP contribution in [0, 0.1) is 5.92 Å². The highest BCUT2D eigenvalue weighted by Crippen LogP contribution is 2.38. The molecule has 130 valence electrons. The highest BCUT2D eigenvalue weighted by atomic mass is 32.1.